The number of nitrogens with zero attached hydrogens (tertiary/aromatic N) is 6. The first-order valence-corrected chi connectivity index (χ1v) is 10.6. The van der Waals surface area contributed by atoms with Crippen molar-refractivity contribution in [3.63, 3.8) is 0 Å². The summed E-state index contributed by atoms with van der Waals surface area (Å²) in [5.74, 6) is 0.599. The summed E-state index contributed by atoms with van der Waals surface area (Å²) in [4.78, 5) is 11.5. The highest BCUT2D eigenvalue weighted by Gasteiger charge is 2.38. The van der Waals surface area contributed by atoms with Crippen LogP contribution < -0.4 is 0 Å². The van der Waals surface area contributed by atoms with Crippen LogP contribution in [0.2, 0.25) is 0 Å². The Morgan fingerprint density at radius 2 is 1.97 bits per heavy atom. The van der Waals surface area contributed by atoms with Crippen molar-refractivity contribution in [1.29, 1.82) is 0 Å². The summed E-state index contributed by atoms with van der Waals surface area (Å²) in [7, 11) is 0. The van der Waals surface area contributed by atoms with Crippen molar-refractivity contribution in [2.45, 2.75) is 57.2 Å². The molecule has 1 fully saturated rings. The predicted octanol–water partition coefficient (Wildman–Crippen LogP) is 4.36. The summed E-state index contributed by atoms with van der Waals surface area (Å²) in [6.07, 6.45) is 3.41. The number of hydrogen-bond acceptors (Lipinski definition) is 5. The lowest BCUT2D eigenvalue weighted by Crippen LogP contribution is -2.10. The molecule has 2 aliphatic carbocycles. The Hall–Kier alpha value is -2.49. The lowest BCUT2D eigenvalue weighted by molar-refractivity contribution is -0.141. The van der Waals surface area contributed by atoms with Gasteiger partial charge in [0, 0.05) is 16.5 Å². The van der Waals surface area contributed by atoms with Crippen LogP contribution in [0, 0.1) is 0 Å². The number of thiophene rings is 1. The van der Waals surface area contributed by atoms with E-state index in [1.165, 1.54) is 27.6 Å². The Balaban J connectivity index is 1.44. The zero-order chi connectivity index (χ0) is 19.8. The number of aromatic nitrogens is 6. The molecule has 6 rings (SSSR count). The second-order valence-electron chi connectivity index (χ2n) is 7.82. The third-order valence-electron chi connectivity index (χ3n) is 5.72. The third kappa shape index (κ3) is 2.84. The first kappa shape index (κ1) is 17.4. The molecule has 0 aliphatic heterocycles. The van der Waals surface area contributed by atoms with E-state index in [1.807, 2.05) is 0 Å². The molecule has 10 heteroatoms. The Morgan fingerprint density at radius 1 is 1.14 bits per heavy atom. The largest absolute Gasteiger partial charge is 0.435 e. The molecule has 0 aromatic carbocycles. The molecular formula is C19H17F3N6S. The second-order valence-corrected chi connectivity index (χ2v) is 8.90. The maximum absolute atomic E-state index is 13.2. The lowest BCUT2D eigenvalue weighted by Gasteiger charge is -2.09. The van der Waals surface area contributed by atoms with Crippen molar-refractivity contribution < 1.29 is 13.2 Å². The van der Waals surface area contributed by atoms with Gasteiger partial charge in [-0.2, -0.15) is 18.3 Å². The van der Waals surface area contributed by atoms with Crippen LogP contribution in [0.3, 0.4) is 0 Å². The van der Waals surface area contributed by atoms with E-state index >= 15 is 0 Å². The van der Waals surface area contributed by atoms with Crippen molar-refractivity contribution in [3.05, 3.63) is 40.0 Å². The first-order chi connectivity index (χ1) is 14.0. The molecule has 0 spiro atoms. The molecule has 0 amide bonds. The molecule has 1 saturated carbocycles. The molecule has 0 unspecified atom stereocenters. The van der Waals surface area contributed by atoms with Gasteiger partial charge in [0.2, 0.25) is 0 Å². The zero-order valence-corrected chi connectivity index (χ0v) is 16.2. The topological polar surface area (TPSA) is 60.9 Å². The van der Waals surface area contributed by atoms with Crippen molar-refractivity contribution >= 4 is 27.2 Å². The number of alkyl halides is 3. The van der Waals surface area contributed by atoms with Gasteiger partial charge < -0.3 is 0 Å². The highest BCUT2D eigenvalue weighted by atomic mass is 32.1. The molecule has 4 aromatic rings. The van der Waals surface area contributed by atoms with E-state index in [0.29, 0.717) is 11.5 Å². The molecule has 4 heterocycles. The minimum atomic E-state index is -4.45. The van der Waals surface area contributed by atoms with E-state index in [1.54, 1.807) is 22.2 Å². The van der Waals surface area contributed by atoms with Gasteiger partial charge in [-0.3, -0.25) is 4.68 Å². The zero-order valence-electron chi connectivity index (χ0n) is 15.4. The van der Waals surface area contributed by atoms with E-state index in [9.17, 15) is 13.2 Å². The normalized spacial score (nSPS) is 17.3. The van der Waals surface area contributed by atoms with Gasteiger partial charge in [-0.05, 0) is 50.2 Å². The fourth-order valence-corrected chi connectivity index (χ4v) is 5.43. The van der Waals surface area contributed by atoms with Crippen molar-refractivity contribution in [2.75, 3.05) is 0 Å². The average molecular weight is 418 g/mol. The van der Waals surface area contributed by atoms with E-state index in [-0.39, 0.29) is 12.5 Å². The van der Waals surface area contributed by atoms with E-state index in [2.05, 4.69) is 20.2 Å². The van der Waals surface area contributed by atoms with Crippen LogP contribution in [-0.4, -0.2) is 29.4 Å². The molecule has 29 heavy (non-hydrogen) atoms. The Morgan fingerprint density at radius 3 is 2.76 bits per heavy atom. The summed E-state index contributed by atoms with van der Waals surface area (Å²) < 4.78 is 42.5. The van der Waals surface area contributed by atoms with Crippen LogP contribution >= 0.6 is 11.3 Å². The van der Waals surface area contributed by atoms with Gasteiger partial charge in [0.05, 0.1) is 5.39 Å². The number of hydrogen-bond donors (Lipinski definition) is 0. The van der Waals surface area contributed by atoms with Gasteiger partial charge in [0.1, 0.15) is 17.7 Å². The third-order valence-corrected chi connectivity index (χ3v) is 6.92. The van der Waals surface area contributed by atoms with Crippen LogP contribution in [0.4, 0.5) is 13.2 Å². The van der Waals surface area contributed by atoms with Crippen LogP contribution in [0.5, 0.6) is 0 Å². The number of halogens is 3. The predicted molar refractivity (Wildman–Crippen MR) is 101 cm³/mol. The van der Waals surface area contributed by atoms with E-state index < -0.39 is 11.9 Å². The van der Waals surface area contributed by atoms with Crippen LogP contribution in [0.15, 0.2) is 12.4 Å². The molecule has 150 valence electrons. The molecule has 0 N–H and O–H groups in total. The average Bonchev–Trinajstić information content (AvgIpc) is 3.13. The summed E-state index contributed by atoms with van der Waals surface area (Å²) in [6, 6.07) is 1.17. The Labute approximate surface area is 167 Å². The summed E-state index contributed by atoms with van der Waals surface area (Å²) in [5, 5.41) is 9.35. The molecule has 0 atom stereocenters. The van der Waals surface area contributed by atoms with Gasteiger partial charge in [-0.15, -0.1) is 16.4 Å². The van der Waals surface area contributed by atoms with Crippen molar-refractivity contribution in [3.8, 4) is 0 Å². The molecule has 2 aliphatic rings. The maximum atomic E-state index is 13.2. The number of fused-ring (bicyclic) bond motifs is 5. The number of aryl methyl sites for hydroxylation is 2. The molecule has 4 aromatic heterocycles. The first-order valence-electron chi connectivity index (χ1n) is 9.77. The van der Waals surface area contributed by atoms with Crippen LogP contribution in [0.1, 0.15) is 59.3 Å². The Kier molecular flexibility index (Phi) is 3.60. The molecule has 0 bridgehead atoms. The minimum absolute atomic E-state index is 0.122. The summed E-state index contributed by atoms with van der Waals surface area (Å²) >= 11 is 1.71. The van der Waals surface area contributed by atoms with E-state index in [0.717, 1.165) is 48.0 Å². The molecule has 0 radical (unpaired) electrons. The second kappa shape index (κ2) is 6.01. The Bertz CT molecular complexity index is 1250. The minimum Gasteiger partial charge on any atom is -0.261 e. The summed E-state index contributed by atoms with van der Waals surface area (Å²) in [5.41, 5.74) is 1.82. The van der Waals surface area contributed by atoms with Crippen molar-refractivity contribution in [2.24, 2.45) is 0 Å². The maximum Gasteiger partial charge on any atom is 0.435 e. The van der Waals surface area contributed by atoms with Gasteiger partial charge in [-0.1, -0.05) is 0 Å². The van der Waals surface area contributed by atoms with Gasteiger partial charge in [0.15, 0.2) is 17.2 Å². The van der Waals surface area contributed by atoms with E-state index in [4.69, 9.17) is 0 Å². The van der Waals surface area contributed by atoms with Gasteiger partial charge in [0.25, 0.3) is 0 Å². The van der Waals surface area contributed by atoms with Crippen LogP contribution in [0.25, 0.3) is 15.9 Å². The molecule has 0 saturated heterocycles. The molecular weight excluding hydrogens is 401 g/mol. The number of rotatable bonds is 3. The fraction of sp³-hybridized carbons (Fsp3) is 0.474. The highest BCUT2D eigenvalue weighted by molar-refractivity contribution is 7.19. The van der Waals surface area contributed by atoms with Crippen LogP contribution in [-0.2, 0) is 25.6 Å². The van der Waals surface area contributed by atoms with Gasteiger partial charge >= 0.3 is 6.18 Å². The smallest absolute Gasteiger partial charge is 0.261 e. The SMILES string of the molecule is FC(F)(F)c1cc(C2CC2)n(Cc2nc3c4c5c(sc4ncn3n2)CCCC5)n1. The van der Waals surface area contributed by atoms with Gasteiger partial charge in [-0.25, -0.2) is 14.5 Å². The lowest BCUT2D eigenvalue weighted by atomic mass is 9.97. The quantitative estimate of drug-likeness (QED) is 0.496. The van der Waals surface area contributed by atoms with Crippen molar-refractivity contribution in [1.82, 2.24) is 29.4 Å². The summed E-state index contributed by atoms with van der Waals surface area (Å²) in [6.45, 7) is 0.122. The molecule has 6 nitrogen and oxygen atoms in total. The monoisotopic (exact) mass is 418 g/mol. The highest BCUT2D eigenvalue weighted by Crippen LogP contribution is 2.42. The standard InChI is InChI=1S/C19H17F3N6S/c20-19(21,22)14-7-12(10-5-6-10)27(25-14)8-15-24-17-16-11-3-1-2-4-13(11)29-18(16)23-9-28(17)26-15/h7,9-10H,1-6,8H2. The fourth-order valence-electron chi connectivity index (χ4n) is 4.20.